The predicted molar refractivity (Wildman–Crippen MR) is 76.5 cm³/mol. The maximum atomic E-state index is 11.5. The fraction of sp³-hybridized carbons (Fsp3) is 0.400. The molecular formula is C15H18O6. The van der Waals surface area contributed by atoms with Crippen LogP contribution in [0.2, 0.25) is 0 Å². The average Bonchev–Trinajstić information content (AvgIpc) is 2.45. The molecule has 0 saturated carbocycles. The van der Waals surface area contributed by atoms with E-state index in [1.165, 1.54) is 12.1 Å². The van der Waals surface area contributed by atoms with Crippen molar-refractivity contribution in [2.75, 3.05) is 33.5 Å². The Morgan fingerprint density at radius 3 is 2.67 bits per heavy atom. The lowest BCUT2D eigenvalue weighted by molar-refractivity contribution is 0.0201. The van der Waals surface area contributed by atoms with Crippen LogP contribution in [0.15, 0.2) is 33.5 Å². The molecule has 0 bridgehead atoms. The van der Waals surface area contributed by atoms with E-state index in [9.17, 15) is 9.90 Å². The van der Waals surface area contributed by atoms with Crippen molar-refractivity contribution >= 4 is 11.0 Å². The van der Waals surface area contributed by atoms with Gasteiger partial charge in [-0.1, -0.05) is 0 Å². The third-order valence-electron chi connectivity index (χ3n) is 2.88. The summed E-state index contributed by atoms with van der Waals surface area (Å²) in [6.45, 7) is 2.23. The molecule has 2 rings (SSSR count). The Kier molecular flexibility index (Phi) is 5.74. The third-order valence-corrected chi connectivity index (χ3v) is 2.88. The number of rotatable bonds is 8. The maximum absolute atomic E-state index is 11.5. The smallest absolute Gasteiger partial charge is 0.336 e. The Bertz CT molecular complexity index is 634. The van der Waals surface area contributed by atoms with Gasteiger partial charge in [0.25, 0.3) is 0 Å². The van der Waals surface area contributed by atoms with E-state index in [2.05, 4.69) is 0 Å². The van der Waals surface area contributed by atoms with E-state index in [4.69, 9.17) is 18.6 Å². The van der Waals surface area contributed by atoms with E-state index in [0.717, 1.165) is 10.9 Å². The number of hydrogen-bond acceptors (Lipinski definition) is 6. The second-order valence-electron chi connectivity index (χ2n) is 4.43. The summed E-state index contributed by atoms with van der Waals surface area (Å²) >= 11 is 0. The summed E-state index contributed by atoms with van der Waals surface area (Å²) in [5.74, 6) is 0.0512. The number of phenolic OH excluding ortho intramolecular Hbond substituents is 1. The zero-order valence-corrected chi connectivity index (χ0v) is 11.8. The van der Waals surface area contributed by atoms with Gasteiger partial charge in [-0.05, 0) is 17.7 Å². The summed E-state index contributed by atoms with van der Waals surface area (Å²) in [5.41, 5.74) is 0.596. The molecule has 6 heteroatoms. The predicted octanol–water partition coefficient (Wildman–Crippen LogP) is 1.68. The molecule has 0 amide bonds. The van der Waals surface area contributed by atoms with Crippen LogP contribution in [-0.4, -0.2) is 38.6 Å². The van der Waals surface area contributed by atoms with Crippen molar-refractivity contribution in [1.82, 2.24) is 0 Å². The fourth-order valence-electron chi connectivity index (χ4n) is 1.88. The lowest BCUT2D eigenvalue weighted by Crippen LogP contribution is -2.09. The van der Waals surface area contributed by atoms with E-state index < -0.39 is 5.63 Å². The van der Waals surface area contributed by atoms with Gasteiger partial charge in [0.05, 0.1) is 33.0 Å². The zero-order valence-electron chi connectivity index (χ0n) is 11.8. The Balaban J connectivity index is 1.94. The summed E-state index contributed by atoms with van der Waals surface area (Å²) in [6, 6.07) is 6.04. The third kappa shape index (κ3) is 4.56. The van der Waals surface area contributed by atoms with E-state index in [1.54, 1.807) is 19.2 Å². The number of aromatic hydroxyl groups is 1. The van der Waals surface area contributed by atoms with Crippen molar-refractivity contribution in [2.24, 2.45) is 0 Å². The van der Waals surface area contributed by atoms with Crippen molar-refractivity contribution in [2.45, 2.75) is 6.61 Å². The molecule has 0 aliphatic heterocycles. The van der Waals surface area contributed by atoms with Crippen molar-refractivity contribution < 1.29 is 23.7 Å². The molecule has 114 valence electrons. The monoisotopic (exact) mass is 294 g/mol. The first-order valence-electron chi connectivity index (χ1n) is 6.61. The highest BCUT2D eigenvalue weighted by atomic mass is 16.5. The van der Waals surface area contributed by atoms with Crippen LogP contribution >= 0.6 is 0 Å². The highest BCUT2D eigenvalue weighted by Crippen LogP contribution is 2.22. The fourth-order valence-corrected chi connectivity index (χ4v) is 1.88. The molecule has 0 saturated heterocycles. The molecule has 2 aromatic rings. The number of phenols is 1. The highest BCUT2D eigenvalue weighted by Gasteiger charge is 2.06. The molecule has 1 heterocycles. The number of methoxy groups -OCH3 is 1. The molecule has 0 unspecified atom stereocenters. The van der Waals surface area contributed by atoms with Gasteiger partial charge in [0.15, 0.2) is 0 Å². The molecule has 0 fully saturated rings. The van der Waals surface area contributed by atoms with Gasteiger partial charge in [-0.15, -0.1) is 0 Å². The average molecular weight is 294 g/mol. The molecule has 0 atom stereocenters. The molecule has 21 heavy (non-hydrogen) atoms. The second-order valence-corrected chi connectivity index (χ2v) is 4.43. The van der Waals surface area contributed by atoms with Gasteiger partial charge < -0.3 is 23.7 Å². The lowest BCUT2D eigenvalue weighted by Gasteiger charge is -2.07. The minimum absolute atomic E-state index is 0.0512. The number of benzene rings is 1. The van der Waals surface area contributed by atoms with Crippen LogP contribution in [0.5, 0.6) is 5.75 Å². The molecule has 0 radical (unpaired) electrons. The summed E-state index contributed by atoms with van der Waals surface area (Å²) in [7, 11) is 1.61. The normalized spacial score (nSPS) is 11.1. The molecule has 1 N–H and O–H groups in total. The number of fused-ring (bicyclic) bond motifs is 1. The van der Waals surface area contributed by atoms with Gasteiger partial charge in [0, 0.05) is 24.6 Å². The minimum atomic E-state index is -0.469. The Morgan fingerprint density at radius 1 is 1.10 bits per heavy atom. The lowest BCUT2D eigenvalue weighted by atomic mass is 10.1. The van der Waals surface area contributed by atoms with Crippen molar-refractivity contribution in [1.29, 1.82) is 0 Å². The van der Waals surface area contributed by atoms with Crippen LogP contribution in [-0.2, 0) is 20.8 Å². The van der Waals surface area contributed by atoms with Crippen LogP contribution in [0.25, 0.3) is 11.0 Å². The summed E-state index contributed by atoms with van der Waals surface area (Å²) in [6.07, 6.45) is 0. The highest BCUT2D eigenvalue weighted by molar-refractivity contribution is 5.81. The zero-order chi connectivity index (χ0) is 15.1. The SMILES string of the molecule is COCCOCCOCc1cc(=O)oc2cc(O)ccc12. The topological polar surface area (TPSA) is 78.1 Å². The largest absolute Gasteiger partial charge is 0.508 e. The maximum Gasteiger partial charge on any atom is 0.336 e. The summed E-state index contributed by atoms with van der Waals surface area (Å²) in [4.78, 5) is 11.5. The Labute approximate surface area is 121 Å². The van der Waals surface area contributed by atoms with Crippen LogP contribution in [0.3, 0.4) is 0 Å². The first kappa shape index (κ1) is 15.5. The van der Waals surface area contributed by atoms with E-state index in [0.29, 0.717) is 32.0 Å². The number of hydrogen-bond donors (Lipinski definition) is 1. The molecule has 0 spiro atoms. The van der Waals surface area contributed by atoms with Crippen LogP contribution < -0.4 is 5.63 Å². The van der Waals surface area contributed by atoms with Crippen molar-refractivity contribution in [3.63, 3.8) is 0 Å². The van der Waals surface area contributed by atoms with Gasteiger partial charge in [-0.3, -0.25) is 0 Å². The second kappa shape index (κ2) is 7.78. The Hall–Kier alpha value is -1.89. The van der Waals surface area contributed by atoms with E-state index in [-0.39, 0.29) is 12.4 Å². The van der Waals surface area contributed by atoms with Crippen molar-refractivity contribution in [3.8, 4) is 5.75 Å². The molecule has 1 aromatic heterocycles. The number of ether oxygens (including phenoxy) is 3. The minimum Gasteiger partial charge on any atom is -0.508 e. The van der Waals surface area contributed by atoms with Gasteiger partial charge in [-0.25, -0.2) is 4.79 Å². The first-order valence-corrected chi connectivity index (χ1v) is 6.61. The van der Waals surface area contributed by atoms with Crippen LogP contribution in [0.4, 0.5) is 0 Å². The standard InChI is InChI=1S/C15H18O6/c1-18-4-5-19-6-7-20-10-11-8-15(17)21-14-9-12(16)2-3-13(11)14/h2-3,8-9,16H,4-7,10H2,1H3. The molecule has 0 aliphatic rings. The summed E-state index contributed by atoms with van der Waals surface area (Å²) in [5, 5.41) is 10.2. The van der Waals surface area contributed by atoms with Gasteiger partial charge in [0.1, 0.15) is 11.3 Å². The quantitative estimate of drug-likeness (QED) is 0.589. The van der Waals surface area contributed by atoms with Crippen LogP contribution in [0.1, 0.15) is 5.56 Å². The first-order chi connectivity index (χ1) is 10.2. The molecule has 6 nitrogen and oxygen atoms in total. The summed E-state index contributed by atoms with van der Waals surface area (Å²) < 4.78 is 20.7. The van der Waals surface area contributed by atoms with E-state index >= 15 is 0 Å². The van der Waals surface area contributed by atoms with Gasteiger partial charge >= 0.3 is 5.63 Å². The molecular weight excluding hydrogens is 276 g/mol. The van der Waals surface area contributed by atoms with Crippen molar-refractivity contribution in [3.05, 3.63) is 40.2 Å². The Morgan fingerprint density at radius 2 is 1.86 bits per heavy atom. The van der Waals surface area contributed by atoms with E-state index in [1.807, 2.05) is 0 Å². The molecule has 0 aliphatic carbocycles. The van der Waals surface area contributed by atoms with Gasteiger partial charge in [-0.2, -0.15) is 0 Å². The van der Waals surface area contributed by atoms with Gasteiger partial charge in [0.2, 0.25) is 0 Å². The molecule has 1 aromatic carbocycles. The van der Waals surface area contributed by atoms with Crippen LogP contribution in [0, 0.1) is 0 Å².